The Kier molecular flexibility index (Phi) is 6.52. The normalized spacial score (nSPS) is 11.4. The minimum atomic E-state index is -0.799. The number of ether oxygens (including phenoxy) is 2. The van der Waals surface area contributed by atoms with Crippen LogP contribution in [0.3, 0.4) is 0 Å². The molecule has 0 aliphatic rings. The summed E-state index contributed by atoms with van der Waals surface area (Å²) in [5, 5.41) is 4.55. The van der Waals surface area contributed by atoms with Gasteiger partial charge in [-0.3, -0.25) is 10.2 Å². The Morgan fingerprint density at radius 1 is 0.931 bits per heavy atom. The van der Waals surface area contributed by atoms with Crippen LogP contribution in [0.4, 0.5) is 10.5 Å². The fourth-order valence-electron chi connectivity index (χ4n) is 2.73. The molecule has 3 aromatic rings. The summed E-state index contributed by atoms with van der Waals surface area (Å²) in [6.07, 6.45) is -0.799. The predicted molar refractivity (Wildman–Crippen MR) is 112 cm³/mol. The highest BCUT2D eigenvalue weighted by molar-refractivity contribution is 5.92. The molecule has 29 heavy (non-hydrogen) atoms. The molecule has 0 aliphatic heterocycles. The van der Waals surface area contributed by atoms with E-state index in [4.69, 9.17) is 9.47 Å². The topological polar surface area (TPSA) is 88.7 Å². The number of hydrogen-bond donors (Lipinski definition) is 3. The molecule has 150 valence electrons. The molecule has 0 unspecified atom stereocenters. The molecule has 1 atom stereocenters. The van der Waals surface area contributed by atoms with Gasteiger partial charge in [0.15, 0.2) is 6.10 Å². The second-order valence-electron chi connectivity index (χ2n) is 6.26. The van der Waals surface area contributed by atoms with E-state index in [2.05, 4.69) is 16.2 Å². The number of fused-ring (bicyclic) bond motifs is 1. The Balaban J connectivity index is 1.51. The van der Waals surface area contributed by atoms with Crippen LogP contribution in [0.15, 0.2) is 66.7 Å². The average molecular weight is 393 g/mol. The smallest absolute Gasteiger partial charge is 0.337 e. The number of urea groups is 1. The third-order valence-corrected chi connectivity index (χ3v) is 4.15. The number of amides is 3. The number of rotatable bonds is 6. The van der Waals surface area contributed by atoms with Crippen molar-refractivity contribution in [2.24, 2.45) is 0 Å². The quantitative estimate of drug-likeness (QED) is 0.555. The van der Waals surface area contributed by atoms with Crippen LogP contribution < -0.4 is 25.6 Å². The van der Waals surface area contributed by atoms with Crippen molar-refractivity contribution < 1.29 is 19.1 Å². The molecule has 0 aliphatic carbocycles. The minimum absolute atomic E-state index is 0.472. The maximum absolute atomic E-state index is 12.3. The summed E-state index contributed by atoms with van der Waals surface area (Å²) < 4.78 is 11.1. The van der Waals surface area contributed by atoms with Gasteiger partial charge in [0.1, 0.15) is 11.5 Å². The van der Waals surface area contributed by atoms with Gasteiger partial charge in [0.05, 0.1) is 6.61 Å². The lowest BCUT2D eigenvalue weighted by Crippen LogP contribution is -2.48. The fraction of sp³-hybridized carbons (Fsp3) is 0.182. The number of carbonyl (C=O) groups excluding carboxylic acids is 2. The van der Waals surface area contributed by atoms with Crippen LogP contribution in [0.1, 0.15) is 13.8 Å². The molecule has 0 radical (unpaired) electrons. The number of anilines is 1. The first-order chi connectivity index (χ1) is 14.1. The Labute approximate surface area is 169 Å². The minimum Gasteiger partial charge on any atom is -0.494 e. The third-order valence-electron chi connectivity index (χ3n) is 4.15. The van der Waals surface area contributed by atoms with E-state index < -0.39 is 18.0 Å². The van der Waals surface area contributed by atoms with Crippen LogP contribution >= 0.6 is 0 Å². The first-order valence-corrected chi connectivity index (χ1v) is 9.31. The van der Waals surface area contributed by atoms with E-state index >= 15 is 0 Å². The second-order valence-corrected chi connectivity index (χ2v) is 6.26. The largest absolute Gasteiger partial charge is 0.494 e. The van der Waals surface area contributed by atoms with E-state index in [1.54, 1.807) is 37.3 Å². The van der Waals surface area contributed by atoms with Gasteiger partial charge in [0, 0.05) is 11.1 Å². The summed E-state index contributed by atoms with van der Waals surface area (Å²) in [5.74, 6) is 0.843. The highest BCUT2D eigenvalue weighted by Crippen LogP contribution is 2.26. The van der Waals surface area contributed by atoms with Crippen molar-refractivity contribution in [3.8, 4) is 11.5 Å². The highest BCUT2D eigenvalue weighted by atomic mass is 16.5. The summed E-state index contributed by atoms with van der Waals surface area (Å²) in [5.41, 5.74) is 5.24. The molecule has 3 amide bonds. The van der Waals surface area contributed by atoms with Crippen LogP contribution in [0, 0.1) is 0 Å². The lowest BCUT2D eigenvalue weighted by molar-refractivity contribution is -0.127. The van der Waals surface area contributed by atoms with Crippen molar-refractivity contribution in [2.45, 2.75) is 20.0 Å². The Morgan fingerprint density at radius 3 is 2.41 bits per heavy atom. The zero-order valence-corrected chi connectivity index (χ0v) is 16.3. The van der Waals surface area contributed by atoms with E-state index in [0.717, 1.165) is 10.8 Å². The molecule has 3 N–H and O–H groups in total. The predicted octanol–water partition coefficient (Wildman–Crippen LogP) is 3.86. The SMILES string of the molecule is CCOc1ccc(NC(=O)NNC(=O)[C@@H](C)Oc2cccc3ccccc23)cc1. The van der Waals surface area contributed by atoms with Gasteiger partial charge in [-0.2, -0.15) is 0 Å². The lowest BCUT2D eigenvalue weighted by atomic mass is 10.1. The van der Waals surface area contributed by atoms with Gasteiger partial charge < -0.3 is 14.8 Å². The van der Waals surface area contributed by atoms with E-state index in [-0.39, 0.29) is 0 Å². The number of carbonyl (C=O) groups is 2. The van der Waals surface area contributed by atoms with Crippen molar-refractivity contribution in [1.29, 1.82) is 0 Å². The van der Waals surface area contributed by atoms with Gasteiger partial charge in [0.2, 0.25) is 0 Å². The Morgan fingerprint density at radius 2 is 1.66 bits per heavy atom. The van der Waals surface area contributed by atoms with Crippen LogP contribution in [0.2, 0.25) is 0 Å². The number of nitrogens with one attached hydrogen (secondary N) is 3. The molecule has 3 aromatic carbocycles. The molecule has 3 rings (SSSR count). The summed E-state index contributed by atoms with van der Waals surface area (Å²) in [6.45, 7) is 4.08. The number of hydrogen-bond acceptors (Lipinski definition) is 4. The Hall–Kier alpha value is -3.74. The summed E-state index contributed by atoms with van der Waals surface area (Å²) in [4.78, 5) is 24.2. The summed E-state index contributed by atoms with van der Waals surface area (Å²) >= 11 is 0. The molecule has 0 saturated heterocycles. The highest BCUT2D eigenvalue weighted by Gasteiger charge is 2.16. The summed E-state index contributed by atoms with van der Waals surface area (Å²) in [6, 6.07) is 19.7. The molecular weight excluding hydrogens is 370 g/mol. The van der Waals surface area contributed by atoms with E-state index in [0.29, 0.717) is 23.8 Å². The third kappa shape index (κ3) is 5.38. The molecule has 7 heteroatoms. The fourth-order valence-corrected chi connectivity index (χ4v) is 2.73. The molecule has 7 nitrogen and oxygen atoms in total. The molecule has 0 aromatic heterocycles. The first-order valence-electron chi connectivity index (χ1n) is 9.31. The molecule has 0 saturated carbocycles. The van der Waals surface area contributed by atoms with Gasteiger partial charge in [-0.05, 0) is 49.6 Å². The monoisotopic (exact) mass is 393 g/mol. The molecule has 0 bridgehead atoms. The van der Waals surface area contributed by atoms with Crippen molar-refractivity contribution in [2.75, 3.05) is 11.9 Å². The zero-order chi connectivity index (χ0) is 20.6. The standard InChI is InChI=1S/C22H23N3O4/c1-3-28-18-13-11-17(12-14-18)23-22(27)25-24-21(26)15(2)29-20-10-6-8-16-7-4-5-9-19(16)20/h4-15H,3H2,1-2H3,(H,24,26)(H2,23,25,27)/t15-/m1/s1. The van der Waals surface area contributed by atoms with Crippen molar-refractivity contribution in [3.05, 3.63) is 66.7 Å². The van der Waals surface area contributed by atoms with E-state index in [1.165, 1.54) is 0 Å². The molecule has 0 fully saturated rings. The first kappa shape index (κ1) is 20.0. The zero-order valence-electron chi connectivity index (χ0n) is 16.3. The van der Waals surface area contributed by atoms with Gasteiger partial charge in [-0.15, -0.1) is 0 Å². The van der Waals surface area contributed by atoms with Crippen molar-refractivity contribution in [3.63, 3.8) is 0 Å². The summed E-state index contributed by atoms with van der Waals surface area (Å²) in [7, 11) is 0. The maximum atomic E-state index is 12.3. The van der Waals surface area contributed by atoms with E-state index in [9.17, 15) is 9.59 Å². The van der Waals surface area contributed by atoms with Crippen LogP contribution in [0.5, 0.6) is 11.5 Å². The average Bonchev–Trinajstić information content (AvgIpc) is 2.74. The maximum Gasteiger partial charge on any atom is 0.337 e. The van der Waals surface area contributed by atoms with Gasteiger partial charge in [-0.25, -0.2) is 10.2 Å². The van der Waals surface area contributed by atoms with Gasteiger partial charge in [0.25, 0.3) is 5.91 Å². The molecular formula is C22H23N3O4. The van der Waals surface area contributed by atoms with Crippen LogP contribution in [-0.2, 0) is 4.79 Å². The second kappa shape index (κ2) is 9.45. The number of hydrazine groups is 1. The van der Waals surface area contributed by atoms with Crippen LogP contribution in [0.25, 0.3) is 10.8 Å². The van der Waals surface area contributed by atoms with E-state index in [1.807, 2.05) is 43.3 Å². The van der Waals surface area contributed by atoms with Crippen molar-refractivity contribution >= 4 is 28.4 Å². The van der Waals surface area contributed by atoms with Crippen molar-refractivity contribution in [1.82, 2.24) is 10.9 Å². The lowest BCUT2D eigenvalue weighted by Gasteiger charge is -2.16. The van der Waals surface area contributed by atoms with Crippen LogP contribution in [-0.4, -0.2) is 24.6 Å². The Bertz CT molecular complexity index is 984. The number of benzene rings is 3. The van der Waals surface area contributed by atoms with Gasteiger partial charge >= 0.3 is 6.03 Å². The molecule has 0 heterocycles. The van der Waals surface area contributed by atoms with Gasteiger partial charge in [-0.1, -0.05) is 36.4 Å². The molecule has 0 spiro atoms.